The molecule has 12 heavy (non-hydrogen) atoms. The Morgan fingerprint density at radius 2 is 2.25 bits per heavy atom. The molecule has 70 valence electrons. The lowest BCUT2D eigenvalue weighted by molar-refractivity contribution is -0.0988. The summed E-state index contributed by atoms with van der Waals surface area (Å²) in [6.45, 7) is 12.1. The van der Waals surface area contributed by atoms with Crippen molar-refractivity contribution >= 4 is 0 Å². The minimum absolute atomic E-state index is 0.398. The van der Waals surface area contributed by atoms with E-state index in [2.05, 4.69) is 25.7 Å². The average Bonchev–Trinajstić information content (AvgIpc) is 1.94. The molecule has 0 aromatic heterocycles. The fraction of sp³-hybridized carbons (Fsp3) is 0.800. The Bertz CT molecular complexity index is 161. The number of hydrogen-bond acceptors (Lipinski definition) is 2. The van der Waals surface area contributed by atoms with Crippen LogP contribution < -0.4 is 5.32 Å². The lowest BCUT2D eigenvalue weighted by Crippen LogP contribution is -2.47. The minimum atomic E-state index is 0.398. The standard InChI is InChI=1S/C10H19NO/c1-9(2)4-5-11-6-10(3)7-12-8-10/h11H,1,4-8H2,2-3H3. The highest BCUT2D eigenvalue weighted by molar-refractivity contribution is 4.89. The molecule has 1 heterocycles. The van der Waals surface area contributed by atoms with E-state index in [9.17, 15) is 0 Å². The summed E-state index contributed by atoms with van der Waals surface area (Å²) >= 11 is 0. The van der Waals surface area contributed by atoms with Crippen molar-refractivity contribution in [2.75, 3.05) is 26.3 Å². The van der Waals surface area contributed by atoms with Gasteiger partial charge in [-0.3, -0.25) is 0 Å². The first-order valence-corrected chi connectivity index (χ1v) is 4.55. The van der Waals surface area contributed by atoms with Crippen molar-refractivity contribution in [1.29, 1.82) is 0 Å². The Labute approximate surface area is 75.0 Å². The first-order chi connectivity index (χ1) is 5.62. The van der Waals surface area contributed by atoms with E-state index in [4.69, 9.17) is 4.74 Å². The number of hydrogen-bond donors (Lipinski definition) is 1. The van der Waals surface area contributed by atoms with Gasteiger partial charge in [0.25, 0.3) is 0 Å². The fourth-order valence-corrected chi connectivity index (χ4v) is 1.24. The van der Waals surface area contributed by atoms with Gasteiger partial charge in [0.15, 0.2) is 0 Å². The van der Waals surface area contributed by atoms with Crippen LogP contribution in [0.25, 0.3) is 0 Å². The molecule has 0 spiro atoms. The number of ether oxygens (including phenoxy) is 1. The molecule has 0 bridgehead atoms. The largest absolute Gasteiger partial charge is 0.380 e. The summed E-state index contributed by atoms with van der Waals surface area (Å²) in [5.41, 5.74) is 1.65. The van der Waals surface area contributed by atoms with Gasteiger partial charge in [0.2, 0.25) is 0 Å². The Kier molecular flexibility index (Phi) is 3.29. The Morgan fingerprint density at radius 3 is 2.67 bits per heavy atom. The first kappa shape index (κ1) is 9.75. The summed E-state index contributed by atoms with van der Waals surface area (Å²) in [5, 5.41) is 3.42. The summed E-state index contributed by atoms with van der Waals surface area (Å²) in [6.07, 6.45) is 1.08. The maximum absolute atomic E-state index is 5.16. The lowest BCUT2D eigenvalue weighted by atomic mass is 9.89. The molecule has 2 nitrogen and oxygen atoms in total. The average molecular weight is 169 g/mol. The molecule has 0 amide bonds. The van der Waals surface area contributed by atoms with Crippen molar-refractivity contribution < 1.29 is 4.74 Å². The summed E-state index contributed by atoms with van der Waals surface area (Å²) in [4.78, 5) is 0. The molecule has 0 radical (unpaired) electrons. The molecule has 2 heteroatoms. The molecule has 0 saturated carbocycles. The molecule has 1 rings (SSSR count). The fourth-order valence-electron chi connectivity index (χ4n) is 1.24. The molecule has 1 N–H and O–H groups in total. The summed E-state index contributed by atoms with van der Waals surface area (Å²) < 4.78 is 5.16. The SMILES string of the molecule is C=C(C)CCNCC1(C)COC1. The van der Waals surface area contributed by atoms with Crippen LogP contribution in [0, 0.1) is 5.41 Å². The third-order valence-corrected chi connectivity index (χ3v) is 2.18. The number of rotatable bonds is 5. The van der Waals surface area contributed by atoms with E-state index in [1.165, 1.54) is 5.57 Å². The van der Waals surface area contributed by atoms with Crippen LogP contribution in [-0.4, -0.2) is 26.3 Å². The van der Waals surface area contributed by atoms with Crippen LogP contribution in [0.4, 0.5) is 0 Å². The normalized spacial score (nSPS) is 20.2. The van der Waals surface area contributed by atoms with E-state index in [1.807, 2.05) is 0 Å². The van der Waals surface area contributed by atoms with Crippen LogP contribution in [0.15, 0.2) is 12.2 Å². The third kappa shape index (κ3) is 2.95. The Balaban J connectivity index is 1.98. The molecular formula is C10H19NO. The predicted octanol–water partition coefficient (Wildman–Crippen LogP) is 1.58. The monoisotopic (exact) mass is 169 g/mol. The smallest absolute Gasteiger partial charge is 0.0554 e. The molecule has 1 saturated heterocycles. The second kappa shape index (κ2) is 4.06. The summed E-state index contributed by atoms with van der Waals surface area (Å²) in [7, 11) is 0. The van der Waals surface area contributed by atoms with Gasteiger partial charge in [-0.15, -0.1) is 6.58 Å². The maximum atomic E-state index is 5.16. The highest BCUT2D eigenvalue weighted by atomic mass is 16.5. The Hall–Kier alpha value is -0.340. The molecule has 1 aliphatic heterocycles. The van der Waals surface area contributed by atoms with Gasteiger partial charge in [0.05, 0.1) is 13.2 Å². The van der Waals surface area contributed by atoms with Gasteiger partial charge in [0, 0.05) is 12.0 Å². The second-order valence-corrected chi connectivity index (χ2v) is 4.19. The Morgan fingerprint density at radius 1 is 1.58 bits per heavy atom. The van der Waals surface area contributed by atoms with Gasteiger partial charge in [-0.05, 0) is 19.9 Å². The summed E-state index contributed by atoms with van der Waals surface area (Å²) in [6, 6.07) is 0. The molecule has 0 unspecified atom stereocenters. The van der Waals surface area contributed by atoms with Gasteiger partial charge in [-0.25, -0.2) is 0 Å². The van der Waals surface area contributed by atoms with Crippen LogP contribution in [0.3, 0.4) is 0 Å². The molecule has 0 aliphatic carbocycles. The maximum Gasteiger partial charge on any atom is 0.0554 e. The van der Waals surface area contributed by atoms with E-state index in [-0.39, 0.29) is 0 Å². The zero-order valence-corrected chi connectivity index (χ0v) is 8.15. The molecule has 0 atom stereocenters. The zero-order chi connectivity index (χ0) is 9.03. The van der Waals surface area contributed by atoms with E-state index in [0.717, 1.165) is 32.7 Å². The van der Waals surface area contributed by atoms with Crippen LogP contribution in [-0.2, 0) is 4.74 Å². The number of nitrogens with one attached hydrogen (secondary N) is 1. The van der Waals surface area contributed by atoms with Gasteiger partial charge >= 0.3 is 0 Å². The molecule has 0 aromatic rings. The molecular weight excluding hydrogens is 150 g/mol. The second-order valence-electron chi connectivity index (χ2n) is 4.19. The quantitative estimate of drug-likeness (QED) is 0.498. The summed E-state index contributed by atoms with van der Waals surface area (Å²) in [5.74, 6) is 0. The zero-order valence-electron chi connectivity index (χ0n) is 8.15. The highest BCUT2D eigenvalue weighted by Crippen LogP contribution is 2.24. The van der Waals surface area contributed by atoms with Crippen LogP contribution >= 0.6 is 0 Å². The van der Waals surface area contributed by atoms with Gasteiger partial charge in [-0.1, -0.05) is 12.5 Å². The molecule has 0 aromatic carbocycles. The van der Waals surface area contributed by atoms with Crippen LogP contribution in [0.1, 0.15) is 20.3 Å². The minimum Gasteiger partial charge on any atom is -0.380 e. The van der Waals surface area contributed by atoms with E-state index >= 15 is 0 Å². The lowest BCUT2D eigenvalue weighted by Gasteiger charge is -2.38. The highest BCUT2D eigenvalue weighted by Gasteiger charge is 2.32. The van der Waals surface area contributed by atoms with E-state index in [0.29, 0.717) is 5.41 Å². The van der Waals surface area contributed by atoms with Crippen molar-refractivity contribution in [3.8, 4) is 0 Å². The van der Waals surface area contributed by atoms with Gasteiger partial charge < -0.3 is 10.1 Å². The topological polar surface area (TPSA) is 21.3 Å². The van der Waals surface area contributed by atoms with Crippen LogP contribution in [0.5, 0.6) is 0 Å². The van der Waals surface area contributed by atoms with Crippen molar-refractivity contribution in [3.63, 3.8) is 0 Å². The first-order valence-electron chi connectivity index (χ1n) is 4.55. The van der Waals surface area contributed by atoms with Crippen molar-refractivity contribution in [1.82, 2.24) is 5.32 Å². The van der Waals surface area contributed by atoms with Gasteiger partial charge in [-0.2, -0.15) is 0 Å². The van der Waals surface area contributed by atoms with Crippen LogP contribution in [0.2, 0.25) is 0 Å². The van der Waals surface area contributed by atoms with Gasteiger partial charge in [0.1, 0.15) is 0 Å². The van der Waals surface area contributed by atoms with Crippen molar-refractivity contribution in [2.45, 2.75) is 20.3 Å². The van der Waals surface area contributed by atoms with E-state index < -0.39 is 0 Å². The third-order valence-electron chi connectivity index (χ3n) is 2.18. The molecule has 1 fully saturated rings. The predicted molar refractivity (Wildman–Crippen MR) is 51.2 cm³/mol. The van der Waals surface area contributed by atoms with E-state index in [1.54, 1.807) is 0 Å². The van der Waals surface area contributed by atoms with Crippen molar-refractivity contribution in [3.05, 3.63) is 12.2 Å². The molecule has 1 aliphatic rings. The van der Waals surface area contributed by atoms with Crippen molar-refractivity contribution in [2.24, 2.45) is 5.41 Å².